The van der Waals surface area contributed by atoms with E-state index in [0.717, 1.165) is 12.8 Å². The molecule has 3 heterocycles. The molecule has 2 fully saturated rings. The molecule has 1 aromatic carbocycles. The van der Waals surface area contributed by atoms with Crippen LogP contribution < -0.4 is 0 Å². The van der Waals surface area contributed by atoms with E-state index in [-0.39, 0.29) is 30.3 Å². The number of piperidine rings is 1. The summed E-state index contributed by atoms with van der Waals surface area (Å²) in [6.45, 7) is 0. The van der Waals surface area contributed by atoms with Gasteiger partial charge >= 0.3 is 5.97 Å². The van der Waals surface area contributed by atoms with Crippen molar-refractivity contribution in [3.63, 3.8) is 0 Å². The number of carbonyl (C=O) groups is 1. The number of nitrogens with one attached hydrogen (secondary N) is 1. The Morgan fingerprint density at radius 1 is 1.30 bits per heavy atom. The highest BCUT2D eigenvalue weighted by Gasteiger charge is 2.40. The molecule has 23 heavy (non-hydrogen) atoms. The summed E-state index contributed by atoms with van der Waals surface area (Å²) in [6, 6.07) is 5.45. The zero-order chi connectivity index (χ0) is 15.3. The third-order valence-corrected chi connectivity index (χ3v) is 5.19. The summed E-state index contributed by atoms with van der Waals surface area (Å²) in [4.78, 5) is 17.8. The van der Waals surface area contributed by atoms with Gasteiger partial charge in [0.05, 0.1) is 5.56 Å². The lowest BCUT2D eigenvalue weighted by Crippen LogP contribution is -2.43. The van der Waals surface area contributed by atoms with E-state index >= 15 is 0 Å². The van der Waals surface area contributed by atoms with Gasteiger partial charge in [-0.1, -0.05) is 0 Å². The first-order valence-corrected chi connectivity index (χ1v) is 7.81. The number of hydrogen-bond acceptors (Lipinski definition) is 3. The topological polar surface area (TPSA) is 45.3 Å². The summed E-state index contributed by atoms with van der Waals surface area (Å²) in [5, 5.41) is 0.710. The number of ether oxygens (including phenoxy) is 1. The number of fused-ring (bicyclic) bond motifs is 3. The zero-order valence-electron chi connectivity index (χ0n) is 12.9. The van der Waals surface area contributed by atoms with Gasteiger partial charge in [-0.05, 0) is 38.1 Å². The van der Waals surface area contributed by atoms with Crippen molar-refractivity contribution in [2.75, 3.05) is 7.05 Å². The largest absolute Gasteiger partial charge is 0.459 e. The van der Waals surface area contributed by atoms with Gasteiger partial charge in [0.2, 0.25) is 0 Å². The van der Waals surface area contributed by atoms with Crippen LogP contribution in [-0.4, -0.2) is 41.1 Å². The first-order chi connectivity index (χ1) is 10.6. The molecule has 1 aromatic heterocycles. The van der Waals surface area contributed by atoms with Gasteiger partial charge in [0.15, 0.2) is 0 Å². The van der Waals surface area contributed by atoms with Crippen LogP contribution in [0.4, 0.5) is 4.39 Å². The van der Waals surface area contributed by atoms with Crippen molar-refractivity contribution in [2.45, 2.75) is 43.9 Å². The molecule has 2 saturated heterocycles. The van der Waals surface area contributed by atoms with Crippen LogP contribution in [0.25, 0.3) is 10.9 Å². The van der Waals surface area contributed by atoms with E-state index in [4.69, 9.17) is 4.74 Å². The van der Waals surface area contributed by atoms with Crippen molar-refractivity contribution in [1.29, 1.82) is 0 Å². The van der Waals surface area contributed by atoms with Crippen LogP contribution in [0, 0.1) is 5.82 Å². The Hall–Kier alpha value is -1.59. The fraction of sp³-hybridized carbons (Fsp3) is 0.471. The van der Waals surface area contributed by atoms with Gasteiger partial charge in [0.25, 0.3) is 0 Å². The monoisotopic (exact) mass is 338 g/mol. The number of esters is 1. The summed E-state index contributed by atoms with van der Waals surface area (Å²) in [7, 11) is 2.16. The SMILES string of the molecule is CN1[C@@H]2CC[C@H]1CC(OC(=O)c1c[nH]c3cc(F)ccc13)C2.Cl. The molecular weight excluding hydrogens is 319 g/mol. The lowest BCUT2D eigenvalue weighted by molar-refractivity contribution is -0.000260. The molecule has 3 atom stereocenters. The normalized spacial score (nSPS) is 27.0. The molecule has 2 aliphatic heterocycles. The number of benzene rings is 1. The van der Waals surface area contributed by atoms with Gasteiger partial charge in [0.1, 0.15) is 11.9 Å². The van der Waals surface area contributed by atoms with Crippen LogP contribution in [0.3, 0.4) is 0 Å². The second-order valence-corrected chi connectivity index (χ2v) is 6.44. The van der Waals surface area contributed by atoms with E-state index in [2.05, 4.69) is 16.9 Å². The molecule has 4 nitrogen and oxygen atoms in total. The van der Waals surface area contributed by atoms with E-state index < -0.39 is 0 Å². The molecule has 6 heteroatoms. The summed E-state index contributed by atoms with van der Waals surface area (Å²) in [5.74, 6) is -0.632. The minimum absolute atomic E-state index is 0. The molecule has 1 N–H and O–H groups in total. The first kappa shape index (κ1) is 16.3. The first-order valence-electron chi connectivity index (χ1n) is 7.81. The van der Waals surface area contributed by atoms with Gasteiger partial charge < -0.3 is 14.6 Å². The van der Waals surface area contributed by atoms with E-state index in [1.165, 1.54) is 25.0 Å². The second kappa shape index (κ2) is 6.13. The molecular formula is C17H20ClFN2O2. The van der Waals surface area contributed by atoms with Crippen molar-refractivity contribution < 1.29 is 13.9 Å². The van der Waals surface area contributed by atoms with Crippen molar-refractivity contribution in [2.24, 2.45) is 0 Å². The summed E-state index contributed by atoms with van der Waals surface area (Å²) >= 11 is 0. The highest BCUT2D eigenvalue weighted by molar-refractivity contribution is 6.04. The number of hydrogen-bond donors (Lipinski definition) is 1. The van der Waals surface area contributed by atoms with E-state index in [9.17, 15) is 9.18 Å². The zero-order valence-corrected chi connectivity index (χ0v) is 13.7. The predicted octanol–water partition coefficient (Wildman–Crippen LogP) is 3.51. The van der Waals surface area contributed by atoms with Crippen molar-refractivity contribution in [3.8, 4) is 0 Å². The molecule has 0 radical (unpaired) electrons. The van der Waals surface area contributed by atoms with Gasteiger partial charge in [-0.25, -0.2) is 9.18 Å². The minimum atomic E-state index is -0.318. The Morgan fingerprint density at radius 3 is 2.70 bits per heavy atom. The Labute approximate surface area is 140 Å². The van der Waals surface area contributed by atoms with E-state index in [0.29, 0.717) is 28.6 Å². The molecule has 4 rings (SSSR count). The minimum Gasteiger partial charge on any atom is -0.459 e. The maximum absolute atomic E-state index is 13.2. The maximum Gasteiger partial charge on any atom is 0.340 e. The maximum atomic E-state index is 13.2. The predicted molar refractivity (Wildman–Crippen MR) is 88.5 cm³/mol. The molecule has 2 bridgehead atoms. The van der Waals surface area contributed by atoms with E-state index in [1.807, 2.05) is 0 Å². The van der Waals surface area contributed by atoms with Crippen LogP contribution in [-0.2, 0) is 4.74 Å². The molecule has 0 spiro atoms. The molecule has 124 valence electrons. The van der Waals surface area contributed by atoms with Crippen LogP contribution in [0.5, 0.6) is 0 Å². The third kappa shape index (κ3) is 2.83. The van der Waals surface area contributed by atoms with Gasteiger partial charge in [-0.3, -0.25) is 0 Å². The van der Waals surface area contributed by atoms with Crippen LogP contribution >= 0.6 is 12.4 Å². The fourth-order valence-corrected chi connectivity index (χ4v) is 3.94. The number of halogens is 2. The highest BCUT2D eigenvalue weighted by Crippen LogP contribution is 2.36. The van der Waals surface area contributed by atoms with Crippen LogP contribution in [0.2, 0.25) is 0 Å². The molecule has 2 aliphatic rings. The Kier molecular flexibility index (Phi) is 4.34. The van der Waals surface area contributed by atoms with Crippen molar-refractivity contribution in [3.05, 3.63) is 35.8 Å². The number of H-pyrrole nitrogens is 1. The Morgan fingerprint density at radius 2 is 2.00 bits per heavy atom. The highest BCUT2D eigenvalue weighted by atomic mass is 35.5. The molecule has 2 aromatic rings. The summed E-state index contributed by atoms with van der Waals surface area (Å²) in [6.07, 6.45) is 5.82. The second-order valence-electron chi connectivity index (χ2n) is 6.44. The Balaban J connectivity index is 0.00000156. The van der Waals surface area contributed by atoms with Gasteiger partial charge in [-0.15, -0.1) is 12.4 Å². The fourth-order valence-electron chi connectivity index (χ4n) is 3.94. The van der Waals surface area contributed by atoms with Crippen molar-refractivity contribution >= 4 is 29.3 Å². The molecule has 1 unspecified atom stereocenters. The lowest BCUT2D eigenvalue weighted by Gasteiger charge is -2.35. The average molecular weight is 339 g/mol. The molecule has 0 amide bonds. The third-order valence-electron chi connectivity index (χ3n) is 5.19. The molecule has 0 aliphatic carbocycles. The number of nitrogens with zero attached hydrogens (tertiary/aromatic N) is 1. The number of aromatic amines is 1. The van der Waals surface area contributed by atoms with Crippen molar-refractivity contribution in [1.82, 2.24) is 9.88 Å². The van der Waals surface area contributed by atoms with Gasteiger partial charge in [0, 0.05) is 42.0 Å². The summed E-state index contributed by atoms with van der Waals surface area (Å²) in [5.41, 5.74) is 1.11. The number of carbonyl (C=O) groups excluding carboxylic acids is 1. The lowest BCUT2D eigenvalue weighted by atomic mass is 10.0. The number of aromatic nitrogens is 1. The Bertz CT molecular complexity index is 718. The quantitative estimate of drug-likeness (QED) is 0.852. The average Bonchev–Trinajstić information content (AvgIpc) is 2.97. The molecule has 0 saturated carbocycles. The summed E-state index contributed by atoms with van der Waals surface area (Å²) < 4.78 is 18.9. The van der Waals surface area contributed by atoms with Gasteiger partial charge in [-0.2, -0.15) is 0 Å². The number of rotatable bonds is 2. The standard InChI is InChI=1S/C17H19FN2O2.ClH/c1-20-11-3-4-12(20)8-13(7-11)22-17(21)15-9-19-16-6-10(18)2-5-14(15)16;/h2,5-6,9,11-13,19H,3-4,7-8H2,1H3;1H/t11-,12+,13?;. The van der Waals surface area contributed by atoms with E-state index in [1.54, 1.807) is 12.3 Å². The van der Waals surface area contributed by atoms with Crippen LogP contribution in [0.15, 0.2) is 24.4 Å². The smallest absolute Gasteiger partial charge is 0.340 e. The van der Waals surface area contributed by atoms with Crippen LogP contribution in [0.1, 0.15) is 36.0 Å².